The van der Waals surface area contributed by atoms with Crippen LogP contribution in [-0.4, -0.2) is 17.2 Å². The number of hydrogen-bond donors (Lipinski definition) is 3. The Balaban J connectivity index is 2.21. The van der Waals surface area contributed by atoms with Gasteiger partial charge < -0.3 is 15.8 Å². The number of hydrogen-bond acceptors (Lipinski definition) is 4. The molecule has 0 radical (unpaired) electrons. The Labute approximate surface area is 137 Å². The quantitative estimate of drug-likeness (QED) is 0.145. The van der Waals surface area contributed by atoms with Crippen molar-refractivity contribution in [3.05, 3.63) is 66.2 Å². The summed E-state index contributed by atoms with van der Waals surface area (Å²) in [6, 6.07) is 8.26. The topological polar surface area (TPSA) is 106 Å². The molecule has 8 heteroatoms. The molecule has 1 aromatic rings. The molecule has 7 nitrogen and oxygen atoms in total. The first kappa shape index (κ1) is 16.3. The number of carbonyl (C=O) groups excluding carboxylic acids is 2. The zero-order chi connectivity index (χ0) is 16.8. The number of carbonyl (C=O) groups is 2. The number of para-hydroxylation sites is 1. The monoisotopic (exact) mass is 332 g/mol. The average Bonchev–Trinajstić information content (AvgIpc) is 2.77. The number of aliphatic imine (C=N–C) groups is 1. The lowest BCUT2D eigenvalue weighted by Crippen LogP contribution is -2.22. The molecule has 0 unspecified atom stereocenters. The first-order valence-electron chi connectivity index (χ1n) is 6.41. The summed E-state index contributed by atoms with van der Waals surface area (Å²) in [5, 5.41) is 4.20. The standard InChI is InChI=1S/C15H13ClN4O3/c1-9(7-11-13(21)20-15(22)18-11)8-12(19-14(16)17)23-10-5-3-2-4-6-10/h2-8H,1H2,(H2,17,19)(H2,18,20,21,22)/b11-7-,12-8+. The fraction of sp³-hybridized carbons (Fsp3) is 0. The predicted octanol–water partition coefficient (Wildman–Crippen LogP) is 1.74. The van der Waals surface area contributed by atoms with Crippen LogP contribution < -0.4 is 21.1 Å². The van der Waals surface area contributed by atoms with Crippen LogP contribution in [0.4, 0.5) is 4.79 Å². The molecule has 1 fully saturated rings. The summed E-state index contributed by atoms with van der Waals surface area (Å²) in [5.41, 5.74) is 5.77. The number of imide groups is 1. The molecule has 1 aliphatic rings. The predicted molar refractivity (Wildman–Crippen MR) is 86.5 cm³/mol. The zero-order valence-corrected chi connectivity index (χ0v) is 12.6. The molecule has 0 saturated carbocycles. The van der Waals surface area contributed by atoms with Crippen LogP contribution in [0.15, 0.2) is 71.2 Å². The van der Waals surface area contributed by atoms with Crippen molar-refractivity contribution < 1.29 is 14.3 Å². The number of nitrogens with two attached hydrogens (primary N) is 1. The van der Waals surface area contributed by atoms with Crippen molar-refractivity contribution in [2.75, 3.05) is 0 Å². The second kappa shape index (κ2) is 7.28. The number of halogens is 1. The molecule has 1 heterocycles. The number of nitrogens with one attached hydrogen (secondary N) is 2. The lowest BCUT2D eigenvalue weighted by molar-refractivity contribution is -0.115. The van der Waals surface area contributed by atoms with Crippen molar-refractivity contribution in [1.82, 2.24) is 10.6 Å². The minimum atomic E-state index is -0.596. The van der Waals surface area contributed by atoms with Crippen molar-refractivity contribution in [1.29, 1.82) is 0 Å². The van der Waals surface area contributed by atoms with Crippen molar-refractivity contribution in [2.45, 2.75) is 0 Å². The normalized spacial score (nSPS) is 17.0. The maximum Gasteiger partial charge on any atom is 0.326 e. The Bertz CT molecular complexity index is 734. The van der Waals surface area contributed by atoms with Crippen molar-refractivity contribution >= 4 is 28.8 Å². The van der Waals surface area contributed by atoms with E-state index in [-0.39, 0.29) is 16.9 Å². The summed E-state index contributed by atoms with van der Waals surface area (Å²) in [5.74, 6) is 0.0542. The van der Waals surface area contributed by atoms with E-state index in [9.17, 15) is 9.59 Å². The fourth-order valence-electron chi connectivity index (χ4n) is 1.67. The average molecular weight is 333 g/mol. The Kier molecular flexibility index (Phi) is 5.16. The number of nitrogens with zero attached hydrogens (tertiary/aromatic N) is 1. The molecule has 1 saturated heterocycles. The molecule has 1 aliphatic heterocycles. The van der Waals surface area contributed by atoms with E-state index in [1.54, 1.807) is 24.3 Å². The van der Waals surface area contributed by atoms with Crippen LogP contribution in [0.1, 0.15) is 0 Å². The number of amides is 3. The highest BCUT2D eigenvalue weighted by Crippen LogP contribution is 2.16. The summed E-state index contributed by atoms with van der Waals surface area (Å²) in [7, 11) is 0. The molecule has 4 N–H and O–H groups in total. The van der Waals surface area contributed by atoms with E-state index in [1.807, 2.05) is 6.07 Å². The third-order valence-corrected chi connectivity index (χ3v) is 2.63. The lowest BCUT2D eigenvalue weighted by Gasteiger charge is -2.06. The van der Waals surface area contributed by atoms with E-state index in [1.165, 1.54) is 12.2 Å². The smallest absolute Gasteiger partial charge is 0.326 e. The molecule has 23 heavy (non-hydrogen) atoms. The van der Waals surface area contributed by atoms with Crippen LogP contribution in [-0.2, 0) is 4.79 Å². The largest absolute Gasteiger partial charge is 0.439 e. The maximum absolute atomic E-state index is 11.5. The molecular formula is C15H13ClN4O3. The van der Waals surface area contributed by atoms with E-state index in [0.717, 1.165) is 0 Å². The van der Waals surface area contributed by atoms with Crippen LogP contribution in [0.5, 0.6) is 5.75 Å². The van der Waals surface area contributed by atoms with Gasteiger partial charge >= 0.3 is 6.03 Å². The van der Waals surface area contributed by atoms with Gasteiger partial charge in [0.25, 0.3) is 5.91 Å². The Morgan fingerprint density at radius 3 is 2.52 bits per heavy atom. The van der Waals surface area contributed by atoms with Crippen LogP contribution in [0.3, 0.4) is 0 Å². The first-order chi connectivity index (χ1) is 10.9. The van der Waals surface area contributed by atoms with Gasteiger partial charge in [-0.15, -0.1) is 0 Å². The molecule has 0 atom stereocenters. The third kappa shape index (κ3) is 5.01. The van der Waals surface area contributed by atoms with E-state index in [2.05, 4.69) is 22.2 Å². The van der Waals surface area contributed by atoms with Gasteiger partial charge in [0.1, 0.15) is 11.4 Å². The summed E-state index contributed by atoms with van der Waals surface area (Å²) < 4.78 is 5.54. The molecule has 3 amide bonds. The molecule has 0 aromatic heterocycles. The van der Waals surface area contributed by atoms with Crippen LogP contribution in [0.2, 0.25) is 0 Å². The molecule has 0 bridgehead atoms. The second-order valence-corrected chi connectivity index (χ2v) is 4.76. The van der Waals surface area contributed by atoms with Crippen molar-refractivity contribution in [2.24, 2.45) is 10.7 Å². The van der Waals surface area contributed by atoms with Gasteiger partial charge in [-0.1, -0.05) is 24.8 Å². The number of amidine groups is 1. The number of ether oxygens (including phenoxy) is 1. The Morgan fingerprint density at radius 2 is 1.96 bits per heavy atom. The van der Waals surface area contributed by atoms with Gasteiger partial charge in [0, 0.05) is 6.08 Å². The number of rotatable bonds is 5. The van der Waals surface area contributed by atoms with E-state index >= 15 is 0 Å². The van der Waals surface area contributed by atoms with Crippen LogP contribution >= 0.6 is 11.6 Å². The number of benzene rings is 1. The van der Waals surface area contributed by atoms with E-state index < -0.39 is 11.9 Å². The van der Waals surface area contributed by atoms with E-state index in [0.29, 0.717) is 11.3 Å². The fourth-order valence-corrected chi connectivity index (χ4v) is 1.75. The highest BCUT2D eigenvalue weighted by atomic mass is 35.5. The SMILES string of the molecule is C=C(/C=C1\NC(=O)NC1=O)/C=C(\N=C(N)Cl)Oc1ccccc1. The van der Waals surface area contributed by atoms with Gasteiger partial charge in [0.05, 0.1) is 0 Å². The summed E-state index contributed by atoms with van der Waals surface area (Å²) in [4.78, 5) is 26.3. The maximum atomic E-state index is 11.5. The van der Waals surface area contributed by atoms with Gasteiger partial charge in [-0.05, 0) is 35.4 Å². The molecular weight excluding hydrogens is 320 g/mol. The highest BCUT2D eigenvalue weighted by molar-refractivity contribution is 6.64. The number of allylic oxidation sites excluding steroid dienone is 3. The number of urea groups is 1. The second-order valence-electron chi connectivity index (χ2n) is 4.37. The first-order valence-corrected chi connectivity index (χ1v) is 6.79. The third-order valence-electron chi connectivity index (χ3n) is 2.54. The highest BCUT2D eigenvalue weighted by Gasteiger charge is 2.22. The van der Waals surface area contributed by atoms with Crippen LogP contribution in [0.25, 0.3) is 0 Å². The minimum absolute atomic E-state index is 0.0677. The Morgan fingerprint density at radius 1 is 1.26 bits per heavy atom. The summed E-state index contributed by atoms with van der Waals surface area (Å²) >= 11 is 5.58. The summed E-state index contributed by atoms with van der Waals surface area (Å²) in [6.45, 7) is 3.75. The molecule has 0 aliphatic carbocycles. The molecule has 0 spiro atoms. The van der Waals surface area contributed by atoms with Gasteiger partial charge in [0.2, 0.25) is 5.88 Å². The zero-order valence-electron chi connectivity index (χ0n) is 11.9. The lowest BCUT2D eigenvalue weighted by atomic mass is 10.2. The van der Waals surface area contributed by atoms with Gasteiger partial charge in [-0.25, -0.2) is 4.79 Å². The van der Waals surface area contributed by atoms with Crippen molar-refractivity contribution in [3.8, 4) is 5.75 Å². The van der Waals surface area contributed by atoms with Crippen LogP contribution in [0, 0.1) is 0 Å². The molecule has 2 rings (SSSR count). The molecule has 1 aromatic carbocycles. The summed E-state index contributed by atoms with van der Waals surface area (Å²) in [6.07, 6.45) is 2.79. The van der Waals surface area contributed by atoms with Gasteiger partial charge in [-0.3, -0.25) is 10.1 Å². The van der Waals surface area contributed by atoms with Crippen molar-refractivity contribution in [3.63, 3.8) is 0 Å². The Hall–Kier alpha value is -3.06. The van der Waals surface area contributed by atoms with Gasteiger partial charge in [0.15, 0.2) is 5.29 Å². The van der Waals surface area contributed by atoms with E-state index in [4.69, 9.17) is 22.1 Å². The molecule has 118 valence electrons. The van der Waals surface area contributed by atoms with Gasteiger partial charge in [-0.2, -0.15) is 4.99 Å². The minimum Gasteiger partial charge on any atom is -0.439 e.